The largest absolute Gasteiger partial charge is 0.455 e. The highest BCUT2D eigenvalue weighted by Crippen LogP contribution is 2.38. The number of Topliss-reactive ketones (excluding diaryl/α,β-unsaturated/α-hetero) is 1. The summed E-state index contributed by atoms with van der Waals surface area (Å²) in [5, 5.41) is 16.9. The van der Waals surface area contributed by atoms with Crippen molar-refractivity contribution in [2.24, 2.45) is 0 Å². The number of carbonyl (C=O) groups excluding carboxylic acids is 3. The Labute approximate surface area is 276 Å². The molecule has 0 bridgehead atoms. The molecule has 0 spiro atoms. The van der Waals surface area contributed by atoms with E-state index in [9.17, 15) is 24.5 Å². The van der Waals surface area contributed by atoms with Gasteiger partial charge in [0.2, 0.25) is 0 Å². The maximum absolute atomic E-state index is 13.4. The van der Waals surface area contributed by atoms with Gasteiger partial charge >= 0.3 is 11.9 Å². The minimum atomic E-state index is -1.24. The van der Waals surface area contributed by atoms with Crippen molar-refractivity contribution in [2.45, 2.75) is 57.1 Å². The average molecular weight is 648 g/mol. The van der Waals surface area contributed by atoms with E-state index in [1.54, 1.807) is 61.5 Å². The molecule has 48 heavy (non-hydrogen) atoms. The molecule has 244 valence electrons. The minimum absolute atomic E-state index is 0.0620. The fourth-order valence-electron chi connectivity index (χ4n) is 5.96. The Morgan fingerprint density at radius 1 is 0.792 bits per heavy atom. The molecule has 2 heterocycles. The number of nitro benzene ring substituents is 1. The zero-order valence-corrected chi connectivity index (χ0v) is 26.1. The number of rotatable bonds is 12. The number of hydrogen-bond donors (Lipinski definition) is 0. The molecule has 6 rings (SSSR count). The highest BCUT2D eigenvalue weighted by atomic mass is 16.6. The Bertz CT molecular complexity index is 1930. The van der Waals surface area contributed by atoms with Crippen LogP contribution < -0.4 is 0 Å². The first kappa shape index (κ1) is 32.3. The lowest BCUT2D eigenvalue weighted by Gasteiger charge is -2.25. The molecular weight excluding hydrogens is 614 g/mol. The number of nitrogens with zero attached hydrogens (tertiary/aromatic N) is 3. The SMILES string of the molecule is Cc1cc2cnn([C@@H]3O[C@H](CC(=O)Cc4ccccc4)[C@@H](OC(=O)Cc4ccccc4)[C@H]3OC(=O)Cc3ccccc3)c2cc1[N+](=O)[O-]. The van der Waals surface area contributed by atoms with Crippen molar-refractivity contribution >= 4 is 34.3 Å². The van der Waals surface area contributed by atoms with Crippen LogP contribution in [0.2, 0.25) is 0 Å². The molecule has 4 aromatic carbocycles. The van der Waals surface area contributed by atoms with Gasteiger partial charge in [-0.05, 0) is 29.7 Å². The van der Waals surface area contributed by atoms with E-state index >= 15 is 0 Å². The monoisotopic (exact) mass is 647 g/mol. The molecule has 1 aromatic heterocycles. The lowest BCUT2D eigenvalue weighted by Crippen LogP contribution is -2.41. The predicted molar refractivity (Wildman–Crippen MR) is 175 cm³/mol. The molecule has 1 fully saturated rings. The van der Waals surface area contributed by atoms with Crippen molar-refractivity contribution in [1.82, 2.24) is 9.78 Å². The van der Waals surface area contributed by atoms with Crippen LogP contribution >= 0.6 is 0 Å². The van der Waals surface area contributed by atoms with Crippen LogP contribution in [0.1, 0.15) is 34.9 Å². The van der Waals surface area contributed by atoms with Crippen molar-refractivity contribution < 1.29 is 33.5 Å². The minimum Gasteiger partial charge on any atom is -0.455 e. The van der Waals surface area contributed by atoms with Gasteiger partial charge in [0.25, 0.3) is 5.69 Å². The summed E-state index contributed by atoms with van der Waals surface area (Å²) >= 11 is 0. The second-order valence-corrected chi connectivity index (χ2v) is 11.7. The zero-order chi connectivity index (χ0) is 33.6. The topological polar surface area (TPSA) is 140 Å². The lowest BCUT2D eigenvalue weighted by atomic mass is 10.0. The molecule has 0 saturated carbocycles. The van der Waals surface area contributed by atoms with Gasteiger partial charge < -0.3 is 14.2 Å². The quantitative estimate of drug-likeness (QED) is 0.0953. The van der Waals surface area contributed by atoms with Gasteiger partial charge in [-0.1, -0.05) is 91.0 Å². The van der Waals surface area contributed by atoms with Gasteiger partial charge in [-0.3, -0.25) is 24.5 Å². The van der Waals surface area contributed by atoms with Crippen LogP contribution in [0.25, 0.3) is 10.9 Å². The van der Waals surface area contributed by atoms with Crippen LogP contribution in [0.3, 0.4) is 0 Å². The van der Waals surface area contributed by atoms with E-state index < -0.39 is 41.4 Å². The molecule has 1 aliphatic heterocycles. The Balaban J connectivity index is 1.37. The van der Waals surface area contributed by atoms with Crippen molar-refractivity contribution in [1.29, 1.82) is 0 Å². The molecule has 0 radical (unpaired) electrons. The number of hydrogen-bond acceptors (Lipinski definition) is 9. The molecule has 0 aliphatic carbocycles. The van der Waals surface area contributed by atoms with Crippen molar-refractivity contribution in [3.63, 3.8) is 0 Å². The fourth-order valence-corrected chi connectivity index (χ4v) is 5.96. The lowest BCUT2D eigenvalue weighted by molar-refractivity contribution is -0.385. The van der Waals surface area contributed by atoms with Gasteiger partial charge in [0.1, 0.15) is 11.9 Å². The summed E-state index contributed by atoms with van der Waals surface area (Å²) in [6.45, 7) is 1.63. The molecule has 4 atom stereocenters. The number of aromatic nitrogens is 2. The third kappa shape index (κ3) is 7.48. The summed E-state index contributed by atoms with van der Waals surface area (Å²) in [6.07, 6.45) is -3.25. The van der Waals surface area contributed by atoms with E-state index in [4.69, 9.17) is 14.2 Å². The fraction of sp³-hybridized carbons (Fsp3) is 0.243. The summed E-state index contributed by atoms with van der Waals surface area (Å²) in [7, 11) is 0. The normalized spacial score (nSPS) is 18.8. The molecule has 5 aromatic rings. The third-order valence-corrected chi connectivity index (χ3v) is 8.23. The highest BCUT2D eigenvalue weighted by molar-refractivity contribution is 5.83. The highest BCUT2D eigenvalue weighted by Gasteiger charge is 2.51. The van der Waals surface area contributed by atoms with Gasteiger partial charge in [0.15, 0.2) is 18.4 Å². The Morgan fingerprint density at radius 2 is 1.31 bits per heavy atom. The Morgan fingerprint density at radius 3 is 1.85 bits per heavy atom. The predicted octanol–water partition coefficient (Wildman–Crippen LogP) is 5.66. The van der Waals surface area contributed by atoms with E-state index in [1.165, 1.54) is 16.9 Å². The standard InChI is InChI=1S/C37H33N3O8/c1-24-17-28-23-38-39(31(28)22-30(24)40(44)45)37-36(48-34(43)20-27-15-9-4-10-16-27)35(47-33(42)19-26-13-7-3-8-14-26)32(46-37)21-29(41)18-25-11-5-2-6-12-25/h2-17,22-23,32,35-37H,18-21H2,1H3/t32-,35-,36-,37-/m1/s1. The maximum Gasteiger partial charge on any atom is 0.310 e. The van der Waals surface area contributed by atoms with Crippen LogP contribution in [0.4, 0.5) is 5.69 Å². The smallest absolute Gasteiger partial charge is 0.310 e. The summed E-state index contributed by atoms with van der Waals surface area (Å²) < 4.78 is 19.9. The number of esters is 2. The van der Waals surface area contributed by atoms with Gasteiger partial charge in [-0.25, -0.2) is 4.68 Å². The van der Waals surface area contributed by atoms with Gasteiger partial charge in [-0.2, -0.15) is 5.10 Å². The zero-order valence-electron chi connectivity index (χ0n) is 26.1. The summed E-state index contributed by atoms with van der Waals surface area (Å²) in [5.74, 6) is -1.39. The number of aryl methyl sites for hydroxylation is 1. The first-order chi connectivity index (χ1) is 23.2. The van der Waals surface area contributed by atoms with E-state index in [0.717, 1.165) is 5.56 Å². The number of ether oxygens (including phenoxy) is 3. The van der Waals surface area contributed by atoms with Gasteiger partial charge in [0, 0.05) is 29.9 Å². The molecular formula is C37H33N3O8. The maximum atomic E-state index is 13.4. The third-order valence-electron chi connectivity index (χ3n) is 8.23. The molecule has 0 N–H and O–H groups in total. The second kappa shape index (κ2) is 14.4. The summed E-state index contributed by atoms with van der Waals surface area (Å²) in [5.41, 5.74) is 2.91. The molecule has 1 aliphatic rings. The van der Waals surface area contributed by atoms with Crippen LogP contribution in [-0.4, -0.2) is 50.7 Å². The molecule has 11 heteroatoms. The Kier molecular flexibility index (Phi) is 9.67. The van der Waals surface area contributed by atoms with Gasteiger partial charge in [-0.15, -0.1) is 0 Å². The van der Waals surface area contributed by atoms with Crippen molar-refractivity contribution in [2.75, 3.05) is 0 Å². The number of ketones is 1. The molecule has 0 amide bonds. The number of nitro groups is 1. The number of benzene rings is 4. The van der Waals surface area contributed by atoms with Crippen LogP contribution in [0.15, 0.2) is 109 Å². The number of carbonyl (C=O) groups is 3. The first-order valence-electron chi connectivity index (χ1n) is 15.6. The number of fused-ring (bicyclic) bond motifs is 1. The van der Waals surface area contributed by atoms with Crippen molar-refractivity contribution in [3.8, 4) is 0 Å². The van der Waals surface area contributed by atoms with E-state index in [-0.39, 0.29) is 37.2 Å². The summed E-state index contributed by atoms with van der Waals surface area (Å²) in [6, 6.07) is 30.3. The Hall–Kier alpha value is -5.68. The van der Waals surface area contributed by atoms with Crippen LogP contribution in [0.5, 0.6) is 0 Å². The molecule has 1 saturated heterocycles. The summed E-state index contributed by atoms with van der Waals surface area (Å²) in [4.78, 5) is 51.5. The van der Waals surface area contributed by atoms with Crippen LogP contribution in [-0.2, 0) is 47.9 Å². The molecule has 0 unspecified atom stereocenters. The van der Waals surface area contributed by atoms with E-state index in [0.29, 0.717) is 27.6 Å². The van der Waals surface area contributed by atoms with Gasteiger partial charge in [0.05, 0.1) is 29.5 Å². The second-order valence-electron chi connectivity index (χ2n) is 11.7. The average Bonchev–Trinajstić information content (AvgIpc) is 3.61. The first-order valence-corrected chi connectivity index (χ1v) is 15.6. The molecule has 11 nitrogen and oxygen atoms in total. The van der Waals surface area contributed by atoms with E-state index in [1.807, 2.05) is 42.5 Å². The van der Waals surface area contributed by atoms with Crippen molar-refractivity contribution in [3.05, 3.63) is 142 Å². The van der Waals surface area contributed by atoms with E-state index in [2.05, 4.69) is 5.10 Å². The van der Waals surface area contributed by atoms with Crippen LogP contribution in [0, 0.1) is 17.0 Å².